The number of hydrogen-bond acceptors (Lipinski definition) is 1. The van der Waals surface area contributed by atoms with Gasteiger partial charge in [-0.2, -0.15) is 0 Å². The molecule has 0 amide bonds. The minimum Gasteiger partial charge on any atom is -0.312 e. The standard InChI is InChI=1S/C11H23N/c1-4-5-10-6-7-11(8-10)12-9(2)3/h9-12H,4-8H2,1-3H3. The van der Waals surface area contributed by atoms with Crippen molar-refractivity contribution in [1.82, 2.24) is 5.32 Å². The molecule has 1 rings (SSSR count). The zero-order chi connectivity index (χ0) is 8.97. The first-order chi connectivity index (χ1) is 5.72. The van der Waals surface area contributed by atoms with Crippen LogP contribution in [0.4, 0.5) is 0 Å². The lowest BCUT2D eigenvalue weighted by molar-refractivity contribution is 0.436. The molecular weight excluding hydrogens is 146 g/mol. The first-order valence-electron chi connectivity index (χ1n) is 5.48. The molecule has 1 fully saturated rings. The number of hydrogen-bond donors (Lipinski definition) is 1. The Kier molecular flexibility index (Phi) is 4.07. The SMILES string of the molecule is CCCC1CCC(NC(C)C)C1. The van der Waals surface area contributed by atoms with Gasteiger partial charge in [0.15, 0.2) is 0 Å². The second kappa shape index (κ2) is 4.86. The molecule has 2 atom stereocenters. The molecule has 0 heterocycles. The molecule has 0 bridgehead atoms. The zero-order valence-electron chi connectivity index (χ0n) is 8.77. The van der Waals surface area contributed by atoms with Gasteiger partial charge in [-0.1, -0.05) is 33.6 Å². The van der Waals surface area contributed by atoms with E-state index in [1.807, 2.05) is 0 Å². The van der Waals surface area contributed by atoms with E-state index in [2.05, 4.69) is 26.1 Å². The van der Waals surface area contributed by atoms with E-state index in [9.17, 15) is 0 Å². The van der Waals surface area contributed by atoms with Crippen LogP contribution in [0.2, 0.25) is 0 Å². The molecular formula is C11H23N. The highest BCUT2D eigenvalue weighted by atomic mass is 14.9. The molecule has 1 aliphatic rings. The predicted octanol–water partition coefficient (Wildman–Crippen LogP) is 2.95. The van der Waals surface area contributed by atoms with E-state index in [4.69, 9.17) is 0 Å². The van der Waals surface area contributed by atoms with Crippen LogP contribution in [0.3, 0.4) is 0 Å². The molecule has 72 valence electrons. The van der Waals surface area contributed by atoms with Crippen molar-refractivity contribution in [2.75, 3.05) is 0 Å². The third-order valence-corrected chi connectivity index (χ3v) is 2.81. The van der Waals surface area contributed by atoms with E-state index in [0.29, 0.717) is 6.04 Å². The summed E-state index contributed by atoms with van der Waals surface area (Å²) in [4.78, 5) is 0. The van der Waals surface area contributed by atoms with Crippen molar-refractivity contribution >= 4 is 0 Å². The summed E-state index contributed by atoms with van der Waals surface area (Å²) in [5, 5.41) is 3.63. The van der Waals surface area contributed by atoms with Crippen molar-refractivity contribution in [3.63, 3.8) is 0 Å². The summed E-state index contributed by atoms with van der Waals surface area (Å²) >= 11 is 0. The van der Waals surface area contributed by atoms with Gasteiger partial charge in [-0.3, -0.25) is 0 Å². The molecule has 0 spiro atoms. The Balaban J connectivity index is 2.16. The highest BCUT2D eigenvalue weighted by molar-refractivity contribution is 4.81. The fourth-order valence-corrected chi connectivity index (χ4v) is 2.37. The van der Waals surface area contributed by atoms with Crippen molar-refractivity contribution < 1.29 is 0 Å². The maximum atomic E-state index is 3.63. The zero-order valence-corrected chi connectivity index (χ0v) is 8.77. The summed E-state index contributed by atoms with van der Waals surface area (Å²) in [6.07, 6.45) is 7.09. The molecule has 0 radical (unpaired) electrons. The van der Waals surface area contributed by atoms with Crippen LogP contribution in [-0.4, -0.2) is 12.1 Å². The smallest absolute Gasteiger partial charge is 0.00721 e. The van der Waals surface area contributed by atoms with E-state index in [0.717, 1.165) is 12.0 Å². The second-order valence-electron chi connectivity index (χ2n) is 4.49. The van der Waals surface area contributed by atoms with Gasteiger partial charge < -0.3 is 5.32 Å². The van der Waals surface area contributed by atoms with Crippen molar-refractivity contribution in [1.29, 1.82) is 0 Å². The topological polar surface area (TPSA) is 12.0 Å². The van der Waals surface area contributed by atoms with Gasteiger partial charge >= 0.3 is 0 Å². The molecule has 1 heteroatoms. The summed E-state index contributed by atoms with van der Waals surface area (Å²) in [6.45, 7) is 6.78. The van der Waals surface area contributed by atoms with Crippen LogP contribution in [0.15, 0.2) is 0 Å². The summed E-state index contributed by atoms with van der Waals surface area (Å²) < 4.78 is 0. The molecule has 0 aromatic carbocycles. The fourth-order valence-electron chi connectivity index (χ4n) is 2.37. The maximum Gasteiger partial charge on any atom is 0.00721 e. The van der Waals surface area contributed by atoms with Crippen LogP contribution in [-0.2, 0) is 0 Å². The van der Waals surface area contributed by atoms with Gasteiger partial charge in [0, 0.05) is 12.1 Å². The van der Waals surface area contributed by atoms with Gasteiger partial charge in [0.05, 0.1) is 0 Å². The van der Waals surface area contributed by atoms with Gasteiger partial charge in [0.2, 0.25) is 0 Å². The van der Waals surface area contributed by atoms with Crippen LogP contribution in [0.1, 0.15) is 52.9 Å². The Bertz CT molecular complexity index is 120. The normalized spacial score (nSPS) is 30.0. The van der Waals surface area contributed by atoms with Crippen molar-refractivity contribution in [2.45, 2.75) is 65.0 Å². The number of nitrogens with one attached hydrogen (secondary N) is 1. The van der Waals surface area contributed by atoms with Crippen molar-refractivity contribution in [3.05, 3.63) is 0 Å². The predicted molar refractivity (Wildman–Crippen MR) is 54.3 cm³/mol. The molecule has 12 heavy (non-hydrogen) atoms. The van der Waals surface area contributed by atoms with Crippen LogP contribution in [0, 0.1) is 5.92 Å². The van der Waals surface area contributed by atoms with Crippen molar-refractivity contribution in [3.8, 4) is 0 Å². The lowest BCUT2D eigenvalue weighted by Crippen LogP contribution is -2.32. The molecule has 1 nitrogen and oxygen atoms in total. The highest BCUT2D eigenvalue weighted by Gasteiger charge is 2.23. The first kappa shape index (κ1) is 10.0. The van der Waals surface area contributed by atoms with E-state index in [-0.39, 0.29) is 0 Å². The Morgan fingerprint density at radius 1 is 1.33 bits per heavy atom. The van der Waals surface area contributed by atoms with E-state index in [1.165, 1.54) is 32.1 Å². The van der Waals surface area contributed by atoms with Gasteiger partial charge in [0.25, 0.3) is 0 Å². The molecule has 0 saturated heterocycles. The summed E-state index contributed by atoms with van der Waals surface area (Å²) in [6, 6.07) is 1.48. The summed E-state index contributed by atoms with van der Waals surface area (Å²) in [5.74, 6) is 1.02. The Labute approximate surface area is 76.9 Å². The average molecular weight is 169 g/mol. The monoisotopic (exact) mass is 169 g/mol. The van der Waals surface area contributed by atoms with Gasteiger partial charge in [0.1, 0.15) is 0 Å². The fraction of sp³-hybridized carbons (Fsp3) is 1.00. The van der Waals surface area contributed by atoms with Gasteiger partial charge in [-0.15, -0.1) is 0 Å². The molecule has 2 unspecified atom stereocenters. The van der Waals surface area contributed by atoms with Crippen molar-refractivity contribution in [2.24, 2.45) is 5.92 Å². The number of rotatable bonds is 4. The Morgan fingerprint density at radius 2 is 2.08 bits per heavy atom. The quantitative estimate of drug-likeness (QED) is 0.682. The largest absolute Gasteiger partial charge is 0.312 e. The molecule has 0 aromatic rings. The van der Waals surface area contributed by atoms with E-state index < -0.39 is 0 Å². The molecule has 0 aromatic heterocycles. The van der Waals surface area contributed by atoms with Crippen LogP contribution >= 0.6 is 0 Å². The van der Waals surface area contributed by atoms with Gasteiger partial charge in [-0.05, 0) is 25.2 Å². The average Bonchev–Trinajstić information content (AvgIpc) is 2.36. The lowest BCUT2D eigenvalue weighted by atomic mass is 10.0. The maximum absolute atomic E-state index is 3.63. The van der Waals surface area contributed by atoms with Gasteiger partial charge in [-0.25, -0.2) is 0 Å². The van der Waals surface area contributed by atoms with E-state index in [1.54, 1.807) is 0 Å². The first-order valence-corrected chi connectivity index (χ1v) is 5.48. The highest BCUT2D eigenvalue weighted by Crippen LogP contribution is 2.29. The molecule has 1 N–H and O–H groups in total. The molecule has 1 saturated carbocycles. The Morgan fingerprint density at radius 3 is 2.67 bits per heavy atom. The van der Waals surface area contributed by atoms with Crippen LogP contribution in [0.25, 0.3) is 0 Å². The summed E-state index contributed by atoms with van der Waals surface area (Å²) in [7, 11) is 0. The Hall–Kier alpha value is -0.0400. The second-order valence-corrected chi connectivity index (χ2v) is 4.49. The van der Waals surface area contributed by atoms with Crippen LogP contribution in [0.5, 0.6) is 0 Å². The van der Waals surface area contributed by atoms with E-state index >= 15 is 0 Å². The third-order valence-electron chi connectivity index (χ3n) is 2.81. The third kappa shape index (κ3) is 3.14. The minimum absolute atomic E-state index is 0.662. The lowest BCUT2D eigenvalue weighted by Gasteiger charge is -2.15. The molecule has 1 aliphatic carbocycles. The molecule has 0 aliphatic heterocycles. The van der Waals surface area contributed by atoms with Crippen LogP contribution < -0.4 is 5.32 Å². The summed E-state index contributed by atoms with van der Waals surface area (Å²) in [5.41, 5.74) is 0. The minimum atomic E-state index is 0.662.